The highest BCUT2D eigenvalue weighted by Crippen LogP contribution is 2.35. The van der Waals surface area contributed by atoms with Gasteiger partial charge in [0.05, 0.1) is 12.3 Å². The lowest BCUT2D eigenvalue weighted by atomic mass is 10.1. The predicted molar refractivity (Wildman–Crippen MR) is 70.1 cm³/mol. The van der Waals surface area contributed by atoms with Gasteiger partial charge in [0.1, 0.15) is 0 Å². The van der Waals surface area contributed by atoms with E-state index in [9.17, 15) is 9.67 Å². The maximum atomic E-state index is 10.6. The molecular formula is C12H27O4P. The smallest absolute Gasteiger partial charge is 0.328 e. The summed E-state index contributed by atoms with van der Waals surface area (Å²) >= 11 is 0. The molecule has 0 amide bonds. The zero-order chi connectivity index (χ0) is 13.1. The van der Waals surface area contributed by atoms with E-state index in [1.54, 1.807) is 0 Å². The Labute approximate surface area is 105 Å². The quantitative estimate of drug-likeness (QED) is 0.397. The van der Waals surface area contributed by atoms with Gasteiger partial charge < -0.3 is 14.9 Å². The average Bonchev–Trinajstić information content (AvgIpc) is 2.19. The number of hydrogen-bond acceptors (Lipinski definition) is 2. The Balaban J connectivity index is 3.25. The molecule has 0 radical (unpaired) electrons. The maximum absolute atomic E-state index is 10.6. The van der Waals surface area contributed by atoms with Crippen LogP contribution in [0, 0.1) is 0 Å². The van der Waals surface area contributed by atoms with E-state index in [1.165, 1.54) is 32.1 Å². The molecule has 0 aliphatic heterocycles. The van der Waals surface area contributed by atoms with Crippen LogP contribution in [-0.2, 0) is 4.57 Å². The number of rotatable bonds is 11. The Morgan fingerprint density at radius 2 is 1.41 bits per heavy atom. The molecule has 0 aromatic carbocycles. The van der Waals surface area contributed by atoms with Crippen LogP contribution in [0.4, 0.5) is 0 Å². The molecule has 104 valence electrons. The molecule has 3 N–H and O–H groups in total. The fourth-order valence-electron chi connectivity index (χ4n) is 1.88. The second kappa shape index (κ2) is 10.1. The van der Waals surface area contributed by atoms with Crippen molar-refractivity contribution in [3.8, 4) is 0 Å². The summed E-state index contributed by atoms with van der Waals surface area (Å²) in [4.78, 5) is 17.3. The van der Waals surface area contributed by atoms with Crippen molar-refractivity contribution in [2.24, 2.45) is 0 Å². The van der Waals surface area contributed by atoms with Gasteiger partial charge in [0.15, 0.2) is 0 Å². The number of aliphatic hydroxyl groups is 1. The van der Waals surface area contributed by atoms with Gasteiger partial charge in [0, 0.05) is 0 Å². The highest BCUT2D eigenvalue weighted by molar-refractivity contribution is 7.51. The molecule has 1 atom stereocenters. The van der Waals surface area contributed by atoms with Crippen molar-refractivity contribution >= 4 is 7.60 Å². The SMILES string of the molecule is CCCCCCCCCCC(O)CP(=O)(O)O. The molecule has 0 aromatic rings. The molecule has 17 heavy (non-hydrogen) atoms. The summed E-state index contributed by atoms with van der Waals surface area (Å²) in [7, 11) is -4.05. The molecular weight excluding hydrogens is 239 g/mol. The van der Waals surface area contributed by atoms with Gasteiger partial charge in [-0.3, -0.25) is 4.57 Å². The van der Waals surface area contributed by atoms with Crippen LogP contribution in [0.1, 0.15) is 64.7 Å². The van der Waals surface area contributed by atoms with E-state index in [0.29, 0.717) is 6.42 Å². The van der Waals surface area contributed by atoms with Gasteiger partial charge in [0.25, 0.3) is 0 Å². The topological polar surface area (TPSA) is 77.8 Å². The molecule has 0 fully saturated rings. The molecule has 1 unspecified atom stereocenters. The Kier molecular flexibility index (Phi) is 10.1. The molecule has 0 aliphatic rings. The number of unbranched alkanes of at least 4 members (excludes halogenated alkanes) is 7. The number of aliphatic hydroxyl groups excluding tert-OH is 1. The highest BCUT2D eigenvalue weighted by atomic mass is 31.2. The summed E-state index contributed by atoms with van der Waals surface area (Å²) in [6.07, 6.45) is 8.69. The van der Waals surface area contributed by atoms with Gasteiger partial charge in [-0.05, 0) is 6.42 Å². The van der Waals surface area contributed by atoms with Crippen molar-refractivity contribution in [3.63, 3.8) is 0 Å². The minimum Gasteiger partial charge on any atom is -0.392 e. The normalized spacial score (nSPS) is 13.9. The van der Waals surface area contributed by atoms with Crippen LogP contribution < -0.4 is 0 Å². The van der Waals surface area contributed by atoms with E-state index < -0.39 is 19.9 Å². The first-order valence-electron chi connectivity index (χ1n) is 6.68. The zero-order valence-electron chi connectivity index (χ0n) is 10.8. The third-order valence-electron chi connectivity index (χ3n) is 2.84. The van der Waals surface area contributed by atoms with Crippen LogP contribution in [0.3, 0.4) is 0 Å². The van der Waals surface area contributed by atoms with Crippen LogP contribution in [0.5, 0.6) is 0 Å². The molecule has 0 rings (SSSR count). The van der Waals surface area contributed by atoms with Crippen LogP contribution >= 0.6 is 7.60 Å². The standard InChI is InChI=1S/C12H27O4P/c1-2-3-4-5-6-7-8-9-10-12(13)11-17(14,15)16/h12-13H,2-11H2,1H3,(H2,14,15,16). The van der Waals surface area contributed by atoms with Crippen LogP contribution in [0.2, 0.25) is 0 Å². The van der Waals surface area contributed by atoms with Crippen molar-refractivity contribution in [3.05, 3.63) is 0 Å². The van der Waals surface area contributed by atoms with Gasteiger partial charge in [-0.2, -0.15) is 0 Å². The lowest BCUT2D eigenvalue weighted by Crippen LogP contribution is -2.12. The fraction of sp³-hybridized carbons (Fsp3) is 1.00. The molecule has 0 saturated heterocycles. The minimum atomic E-state index is -4.05. The molecule has 0 heterocycles. The Morgan fingerprint density at radius 3 is 1.88 bits per heavy atom. The summed E-state index contributed by atoms with van der Waals surface area (Å²) in [6, 6.07) is 0. The Morgan fingerprint density at radius 1 is 0.941 bits per heavy atom. The first kappa shape index (κ1) is 17.1. The first-order chi connectivity index (χ1) is 7.95. The van der Waals surface area contributed by atoms with Crippen LogP contribution in [-0.4, -0.2) is 27.2 Å². The van der Waals surface area contributed by atoms with Gasteiger partial charge in [-0.1, -0.05) is 58.3 Å². The second-order valence-electron chi connectivity index (χ2n) is 4.76. The van der Waals surface area contributed by atoms with Crippen molar-refractivity contribution in [2.45, 2.75) is 70.8 Å². The van der Waals surface area contributed by atoms with Crippen molar-refractivity contribution in [2.75, 3.05) is 6.16 Å². The van der Waals surface area contributed by atoms with Crippen molar-refractivity contribution < 1.29 is 19.5 Å². The summed E-state index contributed by atoms with van der Waals surface area (Å²) < 4.78 is 10.6. The molecule has 5 heteroatoms. The van der Waals surface area contributed by atoms with Crippen molar-refractivity contribution in [1.29, 1.82) is 0 Å². The molecule has 0 aliphatic carbocycles. The number of hydrogen-bond donors (Lipinski definition) is 3. The zero-order valence-corrected chi connectivity index (χ0v) is 11.7. The third-order valence-corrected chi connectivity index (χ3v) is 3.74. The lowest BCUT2D eigenvalue weighted by molar-refractivity contribution is 0.175. The summed E-state index contributed by atoms with van der Waals surface area (Å²) in [5.41, 5.74) is 0. The Bertz CT molecular complexity index is 215. The lowest BCUT2D eigenvalue weighted by Gasteiger charge is -2.11. The van der Waals surface area contributed by atoms with Crippen molar-refractivity contribution in [1.82, 2.24) is 0 Å². The largest absolute Gasteiger partial charge is 0.392 e. The van der Waals surface area contributed by atoms with E-state index in [0.717, 1.165) is 19.3 Å². The Hall–Kier alpha value is 0.110. The maximum Gasteiger partial charge on any atom is 0.328 e. The monoisotopic (exact) mass is 266 g/mol. The van der Waals surface area contributed by atoms with E-state index in [2.05, 4.69) is 6.92 Å². The molecule has 0 spiro atoms. The highest BCUT2D eigenvalue weighted by Gasteiger charge is 2.18. The fourth-order valence-corrected chi connectivity index (χ4v) is 2.61. The summed E-state index contributed by atoms with van der Waals surface area (Å²) in [5, 5.41) is 9.37. The van der Waals surface area contributed by atoms with Gasteiger partial charge >= 0.3 is 7.60 Å². The van der Waals surface area contributed by atoms with Crippen LogP contribution in [0.25, 0.3) is 0 Å². The van der Waals surface area contributed by atoms with Gasteiger partial charge in [-0.15, -0.1) is 0 Å². The first-order valence-corrected chi connectivity index (χ1v) is 8.48. The van der Waals surface area contributed by atoms with E-state index in [1.807, 2.05) is 0 Å². The van der Waals surface area contributed by atoms with E-state index in [4.69, 9.17) is 9.79 Å². The minimum absolute atomic E-state index is 0.399. The molecule has 0 saturated carbocycles. The summed E-state index contributed by atoms with van der Waals surface area (Å²) in [5.74, 6) is 0. The van der Waals surface area contributed by atoms with Crippen LogP contribution in [0.15, 0.2) is 0 Å². The average molecular weight is 266 g/mol. The van der Waals surface area contributed by atoms with Gasteiger partial charge in [0.2, 0.25) is 0 Å². The molecule has 4 nitrogen and oxygen atoms in total. The summed E-state index contributed by atoms with van der Waals surface area (Å²) in [6.45, 7) is 2.20. The molecule has 0 aromatic heterocycles. The molecule has 0 bridgehead atoms. The second-order valence-corrected chi connectivity index (χ2v) is 6.46. The van der Waals surface area contributed by atoms with E-state index >= 15 is 0 Å². The third kappa shape index (κ3) is 14.0. The van der Waals surface area contributed by atoms with E-state index in [-0.39, 0.29) is 0 Å². The van der Waals surface area contributed by atoms with Gasteiger partial charge in [-0.25, -0.2) is 0 Å². The predicted octanol–water partition coefficient (Wildman–Crippen LogP) is 3.06.